The molecule has 0 spiro atoms. The van der Waals surface area contributed by atoms with E-state index in [9.17, 15) is 18.0 Å². The highest BCUT2D eigenvalue weighted by Gasteiger charge is 2.37. The fourth-order valence-electron chi connectivity index (χ4n) is 2.17. The van der Waals surface area contributed by atoms with Gasteiger partial charge in [-0.3, -0.25) is 9.59 Å². The van der Waals surface area contributed by atoms with Gasteiger partial charge in [-0.15, -0.1) is 0 Å². The second-order valence-electron chi connectivity index (χ2n) is 4.66. The molecule has 0 saturated heterocycles. The van der Waals surface area contributed by atoms with E-state index >= 15 is 0 Å². The molecule has 1 aliphatic carbocycles. The van der Waals surface area contributed by atoms with Crippen LogP contribution in [0.15, 0.2) is 0 Å². The first-order valence-electron chi connectivity index (χ1n) is 6.11. The van der Waals surface area contributed by atoms with Crippen molar-refractivity contribution in [3.8, 4) is 0 Å². The third kappa shape index (κ3) is 3.90. The number of esters is 1. The van der Waals surface area contributed by atoms with Gasteiger partial charge in [0.15, 0.2) is 5.25 Å². The lowest BCUT2D eigenvalue weighted by molar-refractivity contribution is -0.143. The summed E-state index contributed by atoms with van der Waals surface area (Å²) in [5.74, 6) is -2.62. The first-order valence-corrected chi connectivity index (χ1v) is 7.66. The van der Waals surface area contributed by atoms with Gasteiger partial charge in [0, 0.05) is 6.04 Å². The maximum absolute atomic E-state index is 12.0. The second-order valence-corrected chi connectivity index (χ2v) is 6.70. The van der Waals surface area contributed by atoms with Crippen molar-refractivity contribution in [1.82, 2.24) is 4.72 Å². The molecular formula is C11H19NO6S. The Morgan fingerprint density at radius 3 is 2.42 bits per heavy atom. The molecular weight excluding hydrogens is 274 g/mol. The fraction of sp³-hybridized carbons (Fsp3) is 0.818. The van der Waals surface area contributed by atoms with E-state index in [2.05, 4.69) is 9.46 Å². The van der Waals surface area contributed by atoms with E-state index in [-0.39, 0.29) is 0 Å². The Bertz CT molecular complexity index is 446. The summed E-state index contributed by atoms with van der Waals surface area (Å²) in [4.78, 5) is 22.3. The average molecular weight is 293 g/mol. The molecule has 8 heteroatoms. The number of methoxy groups -OCH3 is 1. The van der Waals surface area contributed by atoms with Gasteiger partial charge in [-0.25, -0.2) is 13.1 Å². The SMILES string of the molecule is COC(=O)C(C)S(=O)(=O)NC1CCCCC1C(=O)O. The Kier molecular flexibility index (Phi) is 5.30. The summed E-state index contributed by atoms with van der Waals surface area (Å²) in [5.41, 5.74) is 0. The van der Waals surface area contributed by atoms with Gasteiger partial charge < -0.3 is 9.84 Å². The van der Waals surface area contributed by atoms with Crippen LogP contribution in [-0.2, 0) is 24.3 Å². The number of hydrogen-bond acceptors (Lipinski definition) is 5. The molecule has 0 aromatic heterocycles. The minimum atomic E-state index is -3.93. The molecule has 2 N–H and O–H groups in total. The zero-order valence-corrected chi connectivity index (χ0v) is 11.8. The third-order valence-electron chi connectivity index (χ3n) is 3.40. The van der Waals surface area contributed by atoms with Crippen molar-refractivity contribution in [1.29, 1.82) is 0 Å². The molecule has 0 aliphatic heterocycles. The van der Waals surface area contributed by atoms with Gasteiger partial charge in [0.25, 0.3) is 0 Å². The second kappa shape index (κ2) is 6.33. The number of sulfonamides is 1. The molecule has 0 heterocycles. The topological polar surface area (TPSA) is 110 Å². The van der Waals surface area contributed by atoms with Gasteiger partial charge in [-0.2, -0.15) is 0 Å². The number of carbonyl (C=O) groups excluding carboxylic acids is 1. The summed E-state index contributed by atoms with van der Waals surface area (Å²) in [5, 5.41) is 7.72. The van der Waals surface area contributed by atoms with Crippen LogP contribution >= 0.6 is 0 Å². The van der Waals surface area contributed by atoms with Crippen molar-refractivity contribution in [2.45, 2.75) is 43.9 Å². The molecule has 0 aromatic carbocycles. The van der Waals surface area contributed by atoms with E-state index in [1.165, 1.54) is 6.92 Å². The Morgan fingerprint density at radius 2 is 1.89 bits per heavy atom. The van der Waals surface area contributed by atoms with Gasteiger partial charge >= 0.3 is 11.9 Å². The quantitative estimate of drug-likeness (QED) is 0.696. The van der Waals surface area contributed by atoms with Crippen LogP contribution in [0.1, 0.15) is 32.6 Å². The lowest BCUT2D eigenvalue weighted by Gasteiger charge is -2.29. The van der Waals surface area contributed by atoms with Crippen LogP contribution in [0.25, 0.3) is 0 Å². The molecule has 110 valence electrons. The molecule has 1 rings (SSSR count). The van der Waals surface area contributed by atoms with Crippen LogP contribution in [0, 0.1) is 5.92 Å². The van der Waals surface area contributed by atoms with Gasteiger partial charge in [-0.05, 0) is 19.8 Å². The van der Waals surface area contributed by atoms with E-state index < -0.39 is 39.2 Å². The molecule has 19 heavy (non-hydrogen) atoms. The molecule has 1 aliphatic rings. The van der Waals surface area contributed by atoms with E-state index in [0.29, 0.717) is 12.8 Å². The monoisotopic (exact) mass is 293 g/mol. The van der Waals surface area contributed by atoms with Crippen LogP contribution in [-0.4, -0.2) is 43.9 Å². The molecule has 3 unspecified atom stereocenters. The highest BCUT2D eigenvalue weighted by Crippen LogP contribution is 2.25. The van der Waals surface area contributed by atoms with E-state index in [1.807, 2.05) is 0 Å². The minimum Gasteiger partial charge on any atom is -0.481 e. The lowest BCUT2D eigenvalue weighted by atomic mass is 9.85. The molecule has 7 nitrogen and oxygen atoms in total. The summed E-state index contributed by atoms with van der Waals surface area (Å²) in [6.45, 7) is 1.22. The smallest absolute Gasteiger partial charge is 0.325 e. The first kappa shape index (κ1) is 15.9. The van der Waals surface area contributed by atoms with Crippen molar-refractivity contribution < 1.29 is 27.9 Å². The predicted molar refractivity (Wildman–Crippen MR) is 66.9 cm³/mol. The zero-order chi connectivity index (χ0) is 14.6. The van der Waals surface area contributed by atoms with Gasteiger partial charge in [-0.1, -0.05) is 12.8 Å². The van der Waals surface area contributed by atoms with E-state index in [0.717, 1.165) is 20.0 Å². The maximum atomic E-state index is 12.0. The zero-order valence-electron chi connectivity index (χ0n) is 11.0. The normalized spacial score (nSPS) is 25.6. The number of nitrogens with one attached hydrogen (secondary N) is 1. The molecule has 0 amide bonds. The number of carbonyl (C=O) groups is 2. The van der Waals surface area contributed by atoms with Crippen LogP contribution in [0.5, 0.6) is 0 Å². The highest BCUT2D eigenvalue weighted by atomic mass is 32.2. The number of aliphatic carboxylic acids is 1. The highest BCUT2D eigenvalue weighted by molar-refractivity contribution is 7.90. The van der Waals surface area contributed by atoms with Crippen LogP contribution in [0.3, 0.4) is 0 Å². The van der Waals surface area contributed by atoms with E-state index in [4.69, 9.17) is 5.11 Å². The predicted octanol–water partition coefficient (Wildman–Crippen LogP) is 0.111. The van der Waals surface area contributed by atoms with Crippen LogP contribution < -0.4 is 4.72 Å². The van der Waals surface area contributed by atoms with Crippen molar-refractivity contribution >= 4 is 22.0 Å². The van der Waals surface area contributed by atoms with Gasteiger partial charge in [0.05, 0.1) is 13.0 Å². The fourth-order valence-corrected chi connectivity index (χ4v) is 3.43. The summed E-state index contributed by atoms with van der Waals surface area (Å²) >= 11 is 0. The largest absolute Gasteiger partial charge is 0.481 e. The Morgan fingerprint density at radius 1 is 1.32 bits per heavy atom. The Labute approximate surface area is 112 Å². The number of hydrogen-bond donors (Lipinski definition) is 2. The number of rotatable bonds is 5. The Hall–Kier alpha value is -1.15. The average Bonchev–Trinajstić information content (AvgIpc) is 2.36. The summed E-state index contributed by atoms with van der Waals surface area (Å²) in [6, 6.07) is -0.664. The maximum Gasteiger partial charge on any atom is 0.325 e. The third-order valence-corrected chi connectivity index (χ3v) is 5.15. The summed E-state index contributed by atoms with van der Waals surface area (Å²) in [6.07, 6.45) is 2.44. The Balaban J connectivity index is 2.81. The molecule has 0 radical (unpaired) electrons. The van der Waals surface area contributed by atoms with Crippen molar-refractivity contribution in [3.63, 3.8) is 0 Å². The minimum absolute atomic E-state index is 0.440. The van der Waals surface area contributed by atoms with Gasteiger partial charge in [0.1, 0.15) is 0 Å². The number of carboxylic acids is 1. The molecule has 0 aromatic rings. The molecule has 1 saturated carbocycles. The summed E-state index contributed by atoms with van der Waals surface area (Å²) in [7, 11) is -2.82. The summed E-state index contributed by atoms with van der Waals surface area (Å²) < 4.78 is 30.6. The number of carboxylic acid groups (broad SMARTS) is 1. The molecule has 1 fully saturated rings. The van der Waals surface area contributed by atoms with Gasteiger partial charge in [0.2, 0.25) is 10.0 Å². The lowest BCUT2D eigenvalue weighted by Crippen LogP contribution is -2.49. The molecule has 3 atom stereocenters. The van der Waals surface area contributed by atoms with Crippen LogP contribution in [0.4, 0.5) is 0 Å². The number of ether oxygens (including phenoxy) is 1. The first-order chi connectivity index (χ1) is 8.79. The van der Waals surface area contributed by atoms with Crippen LogP contribution in [0.2, 0.25) is 0 Å². The standard InChI is InChI=1S/C11H19NO6S/c1-7(11(15)18-2)19(16,17)12-9-6-4-3-5-8(9)10(13)14/h7-9,12H,3-6H2,1-2H3,(H,13,14). The van der Waals surface area contributed by atoms with E-state index in [1.54, 1.807) is 0 Å². The van der Waals surface area contributed by atoms with Crippen molar-refractivity contribution in [2.24, 2.45) is 5.92 Å². The van der Waals surface area contributed by atoms with Crippen molar-refractivity contribution in [2.75, 3.05) is 7.11 Å². The van der Waals surface area contributed by atoms with Crippen molar-refractivity contribution in [3.05, 3.63) is 0 Å². The molecule has 0 bridgehead atoms.